The number of nitrogens with one attached hydrogen (secondary N) is 1. The summed E-state index contributed by atoms with van der Waals surface area (Å²) in [5, 5.41) is 7.94. The Labute approximate surface area is 182 Å². The number of fused-ring (bicyclic) bond motifs is 2. The Kier molecular flexibility index (Phi) is 5.08. The van der Waals surface area contributed by atoms with Crippen LogP contribution < -0.4 is 4.90 Å². The molecule has 0 amide bonds. The van der Waals surface area contributed by atoms with Gasteiger partial charge >= 0.3 is 0 Å². The molecule has 0 saturated carbocycles. The highest BCUT2D eigenvalue weighted by molar-refractivity contribution is 7.88. The van der Waals surface area contributed by atoms with Crippen molar-refractivity contribution in [3.8, 4) is 11.4 Å². The molecule has 5 heterocycles. The Balaban J connectivity index is 1.66. The number of hydrogen-bond donors (Lipinski definition) is 1. The van der Waals surface area contributed by atoms with Gasteiger partial charge in [0.25, 0.3) is 0 Å². The van der Waals surface area contributed by atoms with Crippen molar-refractivity contribution in [3.05, 3.63) is 29.5 Å². The van der Waals surface area contributed by atoms with Gasteiger partial charge < -0.3 is 9.64 Å². The summed E-state index contributed by atoms with van der Waals surface area (Å²) in [5.41, 5.74) is 2.40. The van der Waals surface area contributed by atoms with Crippen LogP contribution in [0.25, 0.3) is 32.5 Å². The molecule has 162 valence electrons. The molecule has 1 aliphatic heterocycles. The molecule has 1 fully saturated rings. The van der Waals surface area contributed by atoms with Gasteiger partial charge in [0.2, 0.25) is 10.0 Å². The topological polar surface area (TPSA) is 117 Å². The van der Waals surface area contributed by atoms with Crippen molar-refractivity contribution >= 4 is 48.3 Å². The standard InChI is InChI=1S/C19H21N7O3S2/c1-25(31(2,27)28)11-12-7-15-17(30-12)19(26-3-5-29-6-4-26)23-18(22-15)14-8-20-10-16-13(14)9-21-24-16/h7-10H,3-6,11H2,1-2H3,(H,21,24). The predicted molar refractivity (Wildman–Crippen MR) is 120 cm³/mol. The first-order valence-corrected chi connectivity index (χ1v) is 12.4. The SMILES string of the molecule is CN(Cc1cc2nc(-c3cncc4[nH]ncc34)nc(N3CCOCC3)c2s1)S(C)(=O)=O. The van der Waals surface area contributed by atoms with E-state index in [9.17, 15) is 8.42 Å². The van der Waals surface area contributed by atoms with Gasteiger partial charge in [-0.2, -0.15) is 5.10 Å². The molecule has 5 rings (SSSR count). The number of sulfonamides is 1. The number of hydrogen-bond acceptors (Lipinski definition) is 9. The third-order valence-electron chi connectivity index (χ3n) is 5.27. The number of H-pyrrole nitrogens is 1. The van der Waals surface area contributed by atoms with Gasteiger partial charge in [-0.15, -0.1) is 11.3 Å². The molecular formula is C19H21N7O3S2. The van der Waals surface area contributed by atoms with E-state index in [1.807, 2.05) is 6.07 Å². The summed E-state index contributed by atoms with van der Waals surface area (Å²) in [6.07, 6.45) is 6.41. The number of pyridine rings is 1. The van der Waals surface area contributed by atoms with Crippen LogP contribution in [0.2, 0.25) is 0 Å². The van der Waals surface area contributed by atoms with Gasteiger partial charge in [-0.25, -0.2) is 22.7 Å². The number of morpholine rings is 1. The summed E-state index contributed by atoms with van der Waals surface area (Å²) in [5.74, 6) is 1.40. The maximum Gasteiger partial charge on any atom is 0.211 e. The molecule has 1 aliphatic rings. The number of nitrogens with zero attached hydrogens (tertiary/aromatic N) is 6. The van der Waals surface area contributed by atoms with Crippen molar-refractivity contribution in [2.75, 3.05) is 44.5 Å². The van der Waals surface area contributed by atoms with Gasteiger partial charge in [-0.05, 0) is 6.07 Å². The molecular weight excluding hydrogens is 438 g/mol. The highest BCUT2D eigenvalue weighted by Gasteiger charge is 2.22. The second kappa shape index (κ2) is 7.79. The molecule has 0 atom stereocenters. The Hall–Kier alpha value is -2.67. The van der Waals surface area contributed by atoms with E-state index < -0.39 is 10.0 Å². The molecule has 4 aromatic rings. The lowest BCUT2D eigenvalue weighted by Crippen LogP contribution is -2.36. The molecule has 0 radical (unpaired) electrons. The minimum atomic E-state index is -3.28. The van der Waals surface area contributed by atoms with Crippen molar-refractivity contribution in [2.24, 2.45) is 0 Å². The van der Waals surface area contributed by atoms with Gasteiger partial charge in [-0.3, -0.25) is 10.1 Å². The van der Waals surface area contributed by atoms with E-state index in [1.54, 1.807) is 25.6 Å². The zero-order valence-electron chi connectivity index (χ0n) is 17.1. The van der Waals surface area contributed by atoms with Crippen molar-refractivity contribution in [2.45, 2.75) is 6.54 Å². The molecule has 4 aromatic heterocycles. The zero-order chi connectivity index (χ0) is 21.6. The fourth-order valence-corrected chi connectivity index (χ4v) is 5.15. The normalized spacial score (nSPS) is 15.4. The van der Waals surface area contributed by atoms with E-state index in [0.717, 1.165) is 50.5 Å². The largest absolute Gasteiger partial charge is 0.378 e. The van der Waals surface area contributed by atoms with E-state index >= 15 is 0 Å². The lowest BCUT2D eigenvalue weighted by atomic mass is 10.2. The van der Waals surface area contributed by atoms with Gasteiger partial charge in [-0.1, -0.05) is 0 Å². The molecule has 31 heavy (non-hydrogen) atoms. The fraction of sp³-hybridized carbons (Fsp3) is 0.368. The summed E-state index contributed by atoms with van der Waals surface area (Å²) < 4.78 is 31.5. The summed E-state index contributed by atoms with van der Waals surface area (Å²) in [6.45, 7) is 3.02. The maximum absolute atomic E-state index is 11.9. The van der Waals surface area contributed by atoms with E-state index in [0.29, 0.717) is 19.0 Å². The van der Waals surface area contributed by atoms with Gasteiger partial charge in [0.05, 0.1) is 47.6 Å². The fourth-order valence-electron chi connectivity index (χ4n) is 3.53. The first-order valence-electron chi connectivity index (χ1n) is 9.72. The van der Waals surface area contributed by atoms with Crippen LogP contribution >= 0.6 is 11.3 Å². The van der Waals surface area contributed by atoms with Crippen molar-refractivity contribution < 1.29 is 13.2 Å². The zero-order valence-corrected chi connectivity index (χ0v) is 18.7. The van der Waals surface area contributed by atoms with E-state index in [-0.39, 0.29) is 6.54 Å². The van der Waals surface area contributed by atoms with E-state index in [4.69, 9.17) is 14.7 Å². The smallest absolute Gasteiger partial charge is 0.211 e. The van der Waals surface area contributed by atoms with Crippen LogP contribution in [0.5, 0.6) is 0 Å². The minimum absolute atomic E-state index is 0.288. The molecule has 0 aromatic carbocycles. The van der Waals surface area contributed by atoms with Crippen molar-refractivity contribution in [1.82, 2.24) is 29.5 Å². The average Bonchev–Trinajstić information content (AvgIpc) is 3.39. The van der Waals surface area contributed by atoms with Crippen LogP contribution in [0.3, 0.4) is 0 Å². The van der Waals surface area contributed by atoms with Crippen LogP contribution in [0.15, 0.2) is 24.7 Å². The van der Waals surface area contributed by atoms with Crippen LogP contribution in [0, 0.1) is 0 Å². The molecule has 0 aliphatic carbocycles. The number of ether oxygens (including phenoxy) is 1. The second-order valence-electron chi connectivity index (χ2n) is 7.43. The number of aromatic nitrogens is 5. The molecule has 1 saturated heterocycles. The summed E-state index contributed by atoms with van der Waals surface area (Å²) in [6, 6.07) is 1.94. The van der Waals surface area contributed by atoms with Crippen LogP contribution in [-0.2, 0) is 21.3 Å². The molecule has 12 heteroatoms. The van der Waals surface area contributed by atoms with E-state index in [1.165, 1.54) is 21.9 Å². The molecule has 1 N–H and O–H groups in total. The molecule has 0 spiro atoms. The van der Waals surface area contributed by atoms with Crippen LogP contribution in [0.1, 0.15) is 4.88 Å². The average molecular weight is 460 g/mol. The first-order chi connectivity index (χ1) is 14.9. The lowest BCUT2D eigenvalue weighted by Gasteiger charge is -2.28. The van der Waals surface area contributed by atoms with Crippen LogP contribution in [0.4, 0.5) is 5.82 Å². The monoisotopic (exact) mass is 459 g/mol. The molecule has 0 bridgehead atoms. The van der Waals surface area contributed by atoms with E-state index in [2.05, 4.69) is 20.1 Å². The van der Waals surface area contributed by atoms with Crippen molar-refractivity contribution in [3.63, 3.8) is 0 Å². The maximum atomic E-state index is 11.9. The summed E-state index contributed by atoms with van der Waals surface area (Å²) in [7, 11) is -1.71. The number of rotatable bonds is 5. The van der Waals surface area contributed by atoms with Gasteiger partial charge in [0.15, 0.2) is 11.6 Å². The first kappa shape index (κ1) is 20.2. The summed E-state index contributed by atoms with van der Waals surface area (Å²) in [4.78, 5) is 17.1. The quantitative estimate of drug-likeness (QED) is 0.481. The third kappa shape index (κ3) is 3.87. The van der Waals surface area contributed by atoms with Gasteiger partial charge in [0, 0.05) is 48.7 Å². The van der Waals surface area contributed by atoms with Crippen molar-refractivity contribution in [1.29, 1.82) is 0 Å². The molecule has 10 nitrogen and oxygen atoms in total. The Morgan fingerprint density at radius 2 is 2.03 bits per heavy atom. The lowest BCUT2D eigenvalue weighted by molar-refractivity contribution is 0.122. The highest BCUT2D eigenvalue weighted by Crippen LogP contribution is 2.36. The third-order valence-corrected chi connectivity index (χ3v) is 7.63. The Morgan fingerprint density at radius 1 is 1.23 bits per heavy atom. The highest BCUT2D eigenvalue weighted by atomic mass is 32.2. The number of aromatic amines is 1. The minimum Gasteiger partial charge on any atom is -0.378 e. The van der Waals surface area contributed by atoms with Gasteiger partial charge in [0.1, 0.15) is 0 Å². The molecule has 0 unspecified atom stereocenters. The van der Waals surface area contributed by atoms with Crippen LogP contribution in [-0.4, -0.2) is 77.5 Å². The Morgan fingerprint density at radius 3 is 2.81 bits per heavy atom. The second-order valence-corrected chi connectivity index (χ2v) is 10.7. The predicted octanol–water partition coefficient (Wildman–Crippen LogP) is 1.86. The number of thiophene rings is 1. The summed E-state index contributed by atoms with van der Waals surface area (Å²) >= 11 is 1.52. The number of anilines is 1. The Bertz CT molecular complexity index is 1360.